The zero-order valence-corrected chi connectivity index (χ0v) is 13.3. The number of thiazole rings is 1. The van der Waals surface area contributed by atoms with Crippen LogP contribution in [-0.2, 0) is 24.2 Å². The van der Waals surface area contributed by atoms with Crippen LogP contribution in [0.5, 0.6) is 0 Å². The lowest BCUT2D eigenvalue weighted by molar-refractivity contribution is -0.125. The Balaban J connectivity index is 1.59. The van der Waals surface area contributed by atoms with Crippen molar-refractivity contribution in [2.45, 2.75) is 39.7 Å². The van der Waals surface area contributed by atoms with Gasteiger partial charge in [0.1, 0.15) is 0 Å². The molecule has 0 radical (unpaired) electrons. The number of hydrogen-bond acceptors (Lipinski definition) is 3. The lowest BCUT2D eigenvalue weighted by atomic mass is 9.90. The van der Waals surface area contributed by atoms with Gasteiger partial charge in [-0.3, -0.25) is 4.79 Å². The standard InChI is InChI=1S/C17H20N2OS/c1-11-4-3-5-13(8-11)10-18-17(20)14-6-7-15-16(9-14)21-12(2)19-15/h3-5,8,14H,6-7,9-10H2,1-2H3,(H,18,20). The number of hydrogen-bond donors (Lipinski definition) is 1. The predicted molar refractivity (Wildman–Crippen MR) is 85.4 cm³/mol. The van der Waals surface area contributed by atoms with Gasteiger partial charge in [0.25, 0.3) is 0 Å². The van der Waals surface area contributed by atoms with Crippen molar-refractivity contribution >= 4 is 17.2 Å². The molecule has 3 rings (SSSR count). The van der Waals surface area contributed by atoms with Gasteiger partial charge in [-0.2, -0.15) is 0 Å². The molecular formula is C17H20N2OS. The van der Waals surface area contributed by atoms with E-state index in [1.54, 1.807) is 11.3 Å². The topological polar surface area (TPSA) is 42.0 Å². The summed E-state index contributed by atoms with van der Waals surface area (Å²) in [5, 5.41) is 4.19. The maximum absolute atomic E-state index is 12.3. The predicted octanol–water partition coefficient (Wildman–Crippen LogP) is 3.18. The van der Waals surface area contributed by atoms with Crippen molar-refractivity contribution in [3.63, 3.8) is 0 Å². The van der Waals surface area contributed by atoms with Crippen LogP contribution in [0.2, 0.25) is 0 Å². The van der Waals surface area contributed by atoms with Crippen LogP contribution in [0.15, 0.2) is 24.3 Å². The minimum Gasteiger partial charge on any atom is -0.352 e. The minimum absolute atomic E-state index is 0.0992. The van der Waals surface area contributed by atoms with E-state index in [4.69, 9.17) is 0 Å². The molecule has 1 heterocycles. The van der Waals surface area contributed by atoms with Gasteiger partial charge < -0.3 is 5.32 Å². The summed E-state index contributed by atoms with van der Waals surface area (Å²) in [6, 6.07) is 8.27. The van der Waals surface area contributed by atoms with Crippen LogP contribution in [0.1, 0.15) is 33.1 Å². The maximum Gasteiger partial charge on any atom is 0.223 e. The largest absolute Gasteiger partial charge is 0.352 e. The lowest BCUT2D eigenvalue weighted by Gasteiger charge is -2.20. The van der Waals surface area contributed by atoms with E-state index in [2.05, 4.69) is 35.4 Å². The first-order chi connectivity index (χ1) is 10.1. The van der Waals surface area contributed by atoms with E-state index in [9.17, 15) is 4.79 Å². The molecule has 1 aromatic carbocycles. The summed E-state index contributed by atoms with van der Waals surface area (Å²) in [5.41, 5.74) is 3.60. The average Bonchev–Trinajstić information content (AvgIpc) is 2.84. The van der Waals surface area contributed by atoms with Crippen molar-refractivity contribution in [2.24, 2.45) is 5.92 Å². The van der Waals surface area contributed by atoms with E-state index in [1.165, 1.54) is 16.1 Å². The van der Waals surface area contributed by atoms with E-state index < -0.39 is 0 Å². The highest BCUT2D eigenvalue weighted by Gasteiger charge is 2.26. The van der Waals surface area contributed by atoms with E-state index >= 15 is 0 Å². The summed E-state index contributed by atoms with van der Waals surface area (Å²) < 4.78 is 0. The number of carbonyl (C=O) groups is 1. The first kappa shape index (κ1) is 14.3. The molecule has 1 unspecified atom stereocenters. The van der Waals surface area contributed by atoms with Gasteiger partial charge in [0, 0.05) is 17.3 Å². The Hall–Kier alpha value is -1.68. The van der Waals surface area contributed by atoms with Crippen LogP contribution in [0, 0.1) is 19.8 Å². The number of nitrogens with zero attached hydrogens (tertiary/aromatic N) is 1. The normalized spacial score (nSPS) is 17.3. The van der Waals surface area contributed by atoms with Crippen LogP contribution >= 0.6 is 11.3 Å². The highest BCUT2D eigenvalue weighted by atomic mass is 32.1. The monoisotopic (exact) mass is 300 g/mol. The van der Waals surface area contributed by atoms with Crippen LogP contribution in [0.4, 0.5) is 0 Å². The summed E-state index contributed by atoms with van der Waals surface area (Å²) in [7, 11) is 0. The van der Waals surface area contributed by atoms with Crippen molar-refractivity contribution < 1.29 is 4.79 Å². The van der Waals surface area contributed by atoms with E-state index in [1.807, 2.05) is 13.0 Å². The molecule has 0 saturated heterocycles. The van der Waals surface area contributed by atoms with Gasteiger partial charge in [-0.15, -0.1) is 11.3 Å². The molecular weight excluding hydrogens is 280 g/mol. The first-order valence-electron chi connectivity index (χ1n) is 7.40. The van der Waals surface area contributed by atoms with Gasteiger partial charge >= 0.3 is 0 Å². The fraction of sp³-hybridized carbons (Fsp3) is 0.412. The summed E-state index contributed by atoms with van der Waals surface area (Å²) in [4.78, 5) is 18.2. The molecule has 1 aromatic heterocycles. The zero-order valence-electron chi connectivity index (χ0n) is 12.5. The van der Waals surface area contributed by atoms with Crippen molar-refractivity contribution in [3.8, 4) is 0 Å². The molecule has 0 spiro atoms. The molecule has 1 N–H and O–H groups in total. The average molecular weight is 300 g/mol. The molecule has 1 aliphatic carbocycles. The summed E-state index contributed by atoms with van der Waals surface area (Å²) >= 11 is 1.74. The second-order valence-corrected chi connectivity index (χ2v) is 7.04. The van der Waals surface area contributed by atoms with Gasteiger partial charge in [-0.1, -0.05) is 29.8 Å². The highest BCUT2D eigenvalue weighted by Crippen LogP contribution is 2.29. The molecule has 4 heteroatoms. The second-order valence-electron chi connectivity index (χ2n) is 5.75. The van der Waals surface area contributed by atoms with Crippen molar-refractivity contribution in [3.05, 3.63) is 51.0 Å². The molecule has 2 aromatic rings. The van der Waals surface area contributed by atoms with Crippen LogP contribution in [0.3, 0.4) is 0 Å². The second kappa shape index (κ2) is 5.98. The Labute approximate surface area is 129 Å². The van der Waals surface area contributed by atoms with Gasteiger partial charge in [0.05, 0.1) is 10.7 Å². The Kier molecular flexibility index (Phi) is 4.06. The fourth-order valence-electron chi connectivity index (χ4n) is 2.88. The first-order valence-corrected chi connectivity index (χ1v) is 8.22. The van der Waals surface area contributed by atoms with Crippen LogP contribution in [0.25, 0.3) is 0 Å². The third-order valence-electron chi connectivity index (χ3n) is 3.97. The molecule has 0 aliphatic heterocycles. The van der Waals surface area contributed by atoms with E-state index in [0.717, 1.165) is 29.8 Å². The molecule has 0 fully saturated rings. The molecule has 3 nitrogen and oxygen atoms in total. The Morgan fingerprint density at radius 1 is 1.43 bits per heavy atom. The Bertz CT molecular complexity index is 663. The molecule has 1 amide bonds. The number of carbonyl (C=O) groups excluding carboxylic acids is 1. The fourth-order valence-corrected chi connectivity index (χ4v) is 3.95. The quantitative estimate of drug-likeness (QED) is 0.946. The van der Waals surface area contributed by atoms with E-state index in [-0.39, 0.29) is 11.8 Å². The number of amides is 1. The number of aromatic nitrogens is 1. The Morgan fingerprint density at radius 3 is 3.10 bits per heavy atom. The summed E-state index contributed by atoms with van der Waals surface area (Å²) in [6.07, 6.45) is 2.69. The SMILES string of the molecule is Cc1cccc(CNC(=O)C2CCc3nc(C)sc3C2)c1. The third-order valence-corrected chi connectivity index (χ3v) is 5.00. The van der Waals surface area contributed by atoms with Gasteiger partial charge in [-0.25, -0.2) is 4.98 Å². The molecule has 0 saturated carbocycles. The third kappa shape index (κ3) is 3.32. The van der Waals surface area contributed by atoms with Gasteiger partial charge in [0.15, 0.2) is 0 Å². The molecule has 0 bridgehead atoms. The lowest BCUT2D eigenvalue weighted by Crippen LogP contribution is -2.33. The number of benzene rings is 1. The molecule has 21 heavy (non-hydrogen) atoms. The summed E-state index contributed by atoms with van der Waals surface area (Å²) in [5.74, 6) is 0.273. The Morgan fingerprint density at radius 2 is 2.29 bits per heavy atom. The number of nitrogens with one attached hydrogen (secondary N) is 1. The number of fused-ring (bicyclic) bond motifs is 1. The molecule has 1 aliphatic rings. The zero-order chi connectivity index (χ0) is 14.8. The van der Waals surface area contributed by atoms with Crippen LogP contribution in [-0.4, -0.2) is 10.9 Å². The van der Waals surface area contributed by atoms with E-state index in [0.29, 0.717) is 6.54 Å². The summed E-state index contributed by atoms with van der Waals surface area (Å²) in [6.45, 7) is 4.72. The van der Waals surface area contributed by atoms with Crippen molar-refractivity contribution in [2.75, 3.05) is 0 Å². The smallest absolute Gasteiger partial charge is 0.223 e. The van der Waals surface area contributed by atoms with Gasteiger partial charge in [0.2, 0.25) is 5.91 Å². The minimum atomic E-state index is 0.0992. The van der Waals surface area contributed by atoms with Gasteiger partial charge in [-0.05, 0) is 38.7 Å². The maximum atomic E-state index is 12.3. The molecule has 110 valence electrons. The number of rotatable bonds is 3. The molecule has 1 atom stereocenters. The number of aryl methyl sites for hydroxylation is 3. The highest BCUT2D eigenvalue weighted by molar-refractivity contribution is 7.11. The van der Waals surface area contributed by atoms with Crippen molar-refractivity contribution in [1.29, 1.82) is 0 Å². The van der Waals surface area contributed by atoms with Crippen molar-refractivity contribution in [1.82, 2.24) is 10.3 Å². The van der Waals surface area contributed by atoms with Crippen LogP contribution < -0.4 is 5.32 Å².